The number of morpholine rings is 1. The summed E-state index contributed by atoms with van der Waals surface area (Å²) in [5, 5.41) is 2.53. The fourth-order valence-electron chi connectivity index (χ4n) is 2.70. The molecule has 0 unspecified atom stereocenters. The van der Waals surface area contributed by atoms with Crippen LogP contribution in [0, 0.1) is 5.82 Å². The molecule has 1 heterocycles. The quantitative estimate of drug-likeness (QED) is 0.746. The number of unbranched alkanes of at least 4 members (excludes halogenated alkanes) is 2. The maximum atomic E-state index is 13.0. The second kappa shape index (κ2) is 9.22. The van der Waals surface area contributed by atoms with Crippen LogP contribution in [-0.4, -0.2) is 43.1 Å². The van der Waals surface area contributed by atoms with Gasteiger partial charge < -0.3 is 20.7 Å². The van der Waals surface area contributed by atoms with Crippen molar-refractivity contribution in [3.05, 3.63) is 35.6 Å². The van der Waals surface area contributed by atoms with E-state index >= 15 is 0 Å². The molecular weight excluding hydrogens is 313 g/mol. The van der Waals surface area contributed by atoms with Crippen LogP contribution >= 0.6 is 0 Å². The van der Waals surface area contributed by atoms with Crippen molar-refractivity contribution in [1.82, 2.24) is 10.2 Å². The zero-order chi connectivity index (χ0) is 17.4. The first-order valence-electron chi connectivity index (χ1n) is 8.24. The first-order chi connectivity index (χ1) is 11.6. The summed E-state index contributed by atoms with van der Waals surface area (Å²) in [6, 6.07) is 5.67. The van der Waals surface area contributed by atoms with Crippen molar-refractivity contribution in [2.24, 2.45) is 5.73 Å². The van der Waals surface area contributed by atoms with E-state index in [1.54, 1.807) is 17.0 Å². The molecule has 3 amide bonds. The SMILES string of the molecule is NC(=O)NCCCCCC(=O)N1CCO[C@@H](c2ccc(F)cc2)C1. The zero-order valence-electron chi connectivity index (χ0n) is 13.7. The molecule has 0 bridgehead atoms. The molecule has 2 rings (SSSR count). The van der Waals surface area contributed by atoms with E-state index in [1.807, 2.05) is 0 Å². The van der Waals surface area contributed by atoms with Gasteiger partial charge in [-0.05, 0) is 30.5 Å². The number of hydrogen-bond acceptors (Lipinski definition) is 3. The summed E-state index contributed by atoms with van der Waals surface area (Å²) in [5.41, 5.74) is 5.86. The van der Waals surface area contributed by atoms with Gasteiger partial charge in [-0.15, -0.1) is 0 Å². The average Bonchev–Trinajstić information content (AvgIpc) is 2.58. The lowest BCUT2D eigenvalue weighted by molar-refractivity contribution is -0.139. The molecule has 0 spiro atoms. The molecular formula is C17H24FN3O3. The van der Waals surface area contributed by atoms with E-state index in [0.717, 1.165) is 24.8 Å². The van der Waals surface area contributed by atoms with Crippen LogP contribution in [0.25, 0.3) is 0 Å². The van der Waals surface area contributed by atoms with Gasteiger partial charge in [0, 0.05) is 19.5 Å². The van der Waals surface area contributed by atoms with Gasteiger partial charge in [-0.1, -0.05) is 18.6 Å². The number of rotatable bonds is 7. The van der Waals surface area contributed by atoms with Crippen molar-refractivity contribution >= 4 is 11.9 Å². The molecule has 1 atom stereocenters. The van der Waals surface area contributed by atoms with E-state index in [0.29, 0.717) is 32.7 Å². The molecule has 1 aromatic carbocycles. The lowest BCUT2D eigenvalue weighted by atomic mass is 10.1. The Balaban J connectivity index is 1.72. The summed E-state index contributed by atoms with van der Waals surface area (Å²) in [6.07, 6.45) is 2.71. The van der Waals surface area contributed by atoms with Gasteiger partial charge in [0.2, 0.25) is 5.91 Å². The summed E-state index contributed by atoms with van der Waals surface area (Å²) in [7, 11) is 0. The summed E-state index contributed by atoms with van der Waals surface area (Å²) in [4.78, 5) is 24.6. The van der Waals surface area contributed by atoms with Gasteiger partial charge in [-0.2, -0.15) is 0 Å². The molecule has 0 saturated carbocycles. The Morgan fingerprint density at radius 2 is 2.00 bits per heavy atom. The number of nitrogens with one attached hydrogen (secondary N) is 1. The number of urea groups is 1. The predicted molar refractivity (Wildman–Crippen MR) is 87.7 cm³/mol. The van der Waals surface area contributed by atoms with Crippen LogP contribution < -0.4 is 11.1 Å². The maximum Gasteiger partial charge on any atom is 0.312 e. The Bertz CT molecular complexity index is 551. The fraction of sp³-hybridized carbons (Fsp3) is 0.529. The normalized spacial score (nSPS) is 17.5. The zero-order valence-corrected chi connectivity index (χ0v) is 13.7. The third-order valence-electron chi connectivity index (χ3n) is 4.03. The van der Waals surface area contributed by atoms with Crippen molar-refractivity contribution in [1.29, 1.82) is 0 Å². The highest BCUT2D eigenvalue weighted by Crippen LogP contribution is 2.23. The van der Waals surface area contributed by atoms with Crippen LogP contribution in [0.2, 0.25) is 0 Å². The largest absolute Gasteiger partial charge is 0.370 e. The van der Waals surface area contributed by atoms with E-state index in [2.05, 4.69) is 5.32 Å². The number of ether oxygens (including phenoxy) is 1. The minimum Gasteiger partial charge on any atom is -0.370 e. The minimum atomic E-state index is -0.522. The van der Waals surface area contributed by atoms with Gasteiger partial charge in [-0.25, -0.2) is 9.18 Å². The molecule has 1 saturated heterocycles. The van der Waals surface area contributed by atoms with E-state index in [4.69, 9.17) is 10.5 Å². The standard InChI is InChI=1S/C17H24FN3O3/c18-14-7-5-13(6-8-14)15-12-21(10-11-24-15)16(22)4-2-1-3-9-20-17(19)23/h5-8,15H,1-4,9-12H2,(H3,19,20,23)/t15-/m1/s1. The molecule has 0 aromatic heterocycles. The fourth-order valence-corrected chi connectivity index (χ4v) is 2.70. The predicted octanol–water partition coefficient (Wildman–Crippen LogP) is 1.95. The van der Waals surface area contributed by atoms with E-state index in [1.165, 1.54) is 12.1 Å². The smallest absolute Gasteiger partial charge is 0.312 e. The van der Waals surface area contributed by atoms with E-state index in [9.17, 15) is 14.0 Å². The second-order valence-corrected chi connectivity index (χ2v) is 5.85. The van der Waals surface area contributed by atoms with Crippen LogP contribution in [-0.2, 0) is 9.53 Å². The molecule has 132 valence electrons. The van der Waals surface area contributed by atoms with Gasteiger partial charge in [0.15, 0.2) is 0 Å². The number of carbonyl (C=O) groups excluding carboxylic acids is 2. The Morgan fingerprint density at radius 1 is 1.25 bits per heavy atom. The van der Waals surface area contributed by atoms with Crippen molar-refractivity contribution in [3.63, 3.8) is 0 Å². The maximum absolute atomic E-state index is 13.0. The number of amides is 3. The topological polar surface area (TPSA) is 84.7 Å². The summed E-state index contributed by atoms with van der Waals surface area (Å²) >= 11 is 0. The van der Waals surface area contributed by atoms with Crippen LogP contribution in [0.5, 0.6) is 0 Å². The highest BCUT2D eigenvalue weighted by atomic mass is 19.1. The molecule has 3 N–H and O–H groups in total. The molecule has 24 heavy (non-hydrogen) atoms. The number of hydrogen-bond donors (Lipinski definition) is 2. The minimum absolute atomic E-state index is 0.105. The number of halogens is 1. The highest BCUT2D eigenvalue weighted by molar-refractivity contribution is 5.76. The monoisotopic (exact) mass is 337 g/mol. The first kappa shape index (κ1) is 18.2. The summed E-state index contributed by atoms with van der Waals surface area (Å²) < 4.78 is 18.7. The molecule has 1 fully saturated rings. The van der Waals surface area contributed by atoms with Gasteiger partial charge in [0.05, 0.1) is 13.2 Å². The second-order valence-electron chi connectivity index (χ2n) is 5.85. The van der Waals surface area contributed by atoms with Crippen LogP contribution in [0.1, 0.15) is 37.4 Å². The number of nitrogens with two attached hydrogens (primary N) is 1. The number of carbonyl (C=O) groups is 2. The Labute approximate surface area is 141 Å². The Morgan fingerprint density at radius 3 is 2.71 bits per heavy atom. The third kappa shape index (κ3) is 5.81. The molecule has 6 nitrogen and oxygen atoms in total. The van der Waals surface area contributed by atoms with Crippen LogP contribution in [0.3, 0.4) is 0 Å². The van der Waals surface area contributed by atoms with Gasteiger partial charge in [0.1, 0.15) is 11.9 Å². The van der Waals surface area contributed by atoms with Gasteiger partial charge in [0.25, 0.3) is 0 Å². The Hall–Kier alpha value is -2.15. The summed E-state index contributed by atoms with van der Waals surface area (Å²) in [5.74, 6) is -0.179. The Kier molecular flexibility index (Phi) is 6.99. The van der Waals surface area contributed by atoms with Crippen LogP contribution in [0.4, 0.5) is 9.18 Å². The lowest BCUT2D eigenvalue weighted by Gasteiger charge is -2.33. The molecule has 7 heteroatoms. The highest BCUT2D eigenvalue weighted by Gasteiger charge is 2.24. The molecule has 1 aliphatic rings. The number of benzene rings is 1. The number of primary amides is 1. The number of nitrogens with zero attached hydrogens (tertiary/aromatic N) is 1. The lowest BCUT2D eigenvalue weighted by Crippen LogP contribution is -2.42. The first-order valence-corrected chi connectivity index (χ1v) is 8.24. The molecule has 0 aliphatic carbocycles. The van der Waals surface area contributed by atoms with Gasteiger partial charge in [-0.3, -0.25) is 4.79 Å². The van der Waals surface area contributed by atoms with Gasteiger partial charge >= 0.3 is 6.03 Å². The average molecular weight is 337 g/mol. The molecule has 0 radical (unpaired) electrons. The van der Waals surface area contributed by atoms with Crippen molar-refractivity contribution in [2.45, 2.75) is 31.8 Å². The summed E-state index contributed by atoms with van der Waals surface area (Å²) in [6.45, 7) is 2.09. The van der Waals surface area contributed by atoms with Crippen LogP contribution in [0.15, 0.2) is 24.3 Å². The van der Waals surface area contributed by atoms with Crippen molar-refractivity contribution in [3.8, 4) is 0 Å². The molecule has 1 aromatic rings. The third-order valence-corrected chi connectivity index (χ3v) is 4.03. The van der Waals surface area contributed by atoms with E-state index < -0.39 is 6.03 Å². The van der Waals surface area contributed by atoms with Crippen molar-refractivity contribution in [2.75, 3.05) is 26.2 Å². The molecule has 1 aliphatic heterocycles. The van der Waals surface area contributed by atoms with E-state index in [-0.39, 0.29) is 17.8 Å². The van der Waals surface area contributed by atoms with Crippen molar-refractivity contribution < 1.29 is 18.7 Å².